The molecule has 0 aromatic heterocycles. The Bertz CT molecular complexity index is 341. The third-order valence-corrected chi connectivity index (χ3v) is 2.10. The molecule has 62 valence electrons. The van der Waals surface area contributed by atoms with E-state index in [-0.39, 0.29) is 0 Å². The number of amides is 3. The fourth-order valence-electron chi connectivity index (χ4n) is 1.30. The highest BCUT2D eigenvalue weighted by Gasteiger charge is 2.69. The lowest BCUT2D eigenvalue weighted by Crippen LogP contribution is -2.77. The monoisotopic (exact) mass is 167 g/mol. The highest BCUT2D eigenvalue weighted by molar-refractivity contribution is 6.50. The van der Waals surface area contributed by atoms with Crippen molar-refractivity contribution in [2.45, 2.75) is 0 Å². The van der Waals surface area contributed by atoms with Gasteiger partial charge in [0.05, 0.1) is 0 Å². The molecule has 0 atom stereocenters. The summed E-state index contributed by atoms with van der Waals surface area (Å²) in [4.78, 5) is 36.4. The molecule has 0 unspecified atom stereocenters. The van der Waals surface area contributed by atoms with Gasteiger partial charge in [0.15, 0.2) is 0 Å². The molecule has 0 aliphatic carbocycles. The van der Waals surface area contributed by atoms with Gasteiger partial charge >= 0.3 is 0 Å². The van der Waals surface area contributed by atoms with E-state index in [1.54, 1.807) is 0 Å². The summed E-state index contributed by atoms with van der Waals surface area (Å²) in [7, 11) is 1.22. The van der Waals surface area contributed by atoms with Gasteiger partial charge in [-0.1, -0.05) is 0 Å². The van der Waals surface area contributed by atoms with Crippen LogP contribution < -0.4 is 5.11 Å². The number of β-lactam (4-membered cyclic amide) rings is 2. The van der Waals surface area contributed by atoms with Crippen LogP contribution in [0.5, 0.6) is 0 Å². The molecule has 2 aliphatic heterocycles. The van der Waals surface area contributed by atoms with Crippen LogP contribution in [0.1, 0.15) is 0 Å². The summed E-state index contributed by atoms with van der Waals surface area (Å²) < 4.78 is 0. The van der Waals surface area contributed by atoms with Gasteiger partial charge in [0.2, 0.25) is 5.41 Å². The van der Waals surface area contributed by atoms with Crippen LogP contribution in [0.2, 0.25) is 0 Å². The van der Waals surface area contributed by atoms with Gasteiger partial charge in [-0.05, 0) is 0 Å². The number of rotatable bonds is 0. The second-order valence-electron chi connectivity index (χ2n) is 2.64. The minimum absolute atomic E-state index is 0.741. The number of aliphatic imine (C=N–C) groups is 1. The summed E-state index contributed by atoms with van der Waals surface area (Å²) >= 11 is 0. The van der Waals surface area contributed by atoms with Gasteiger partial charge in [-0.25, -0.2) is 4.99 Å². The average molecular weight is 167 g/mol. The molecule has 0 aromatic rings. The highest BCUT2D eigenvalue weighted by atomic mass is 16.3. The van der Waals surface area contributed by atoms with Gasteiger partial charge in [-0.3, -0.25) is 19.3 Å². The quantitative estimate of drug-likeness (QED) is 0.289. The number of likely N-dealkylation sites (tertiary alicyclic amines) is 1. The zero-order chi connectivity index (χ0) is 9.09. The fourth-order valence-corrected chi connectivity index (χ4v) is 1.30. The summed E-state index contributed by atoms with van der Waals surface area (Å²) in [5.41, 5.74) is -2.05. The van der Waals surface area contributed by atoms with Crippen LogP contribution in [0.25, 0.3) is 0 Å². The molecule has 1 spiro atoms. The lowest BCUT2D eigenvalue weighted by atomic mass is 9.73. The first-order valence-electron chi connectivity index (χ1n) is 3.16. The van der Waals surface area contributed by atoms with Crippen molar-refractivity contribution in [3.05, 3.63) is 0 Å². The molecule has 0 N–H and O–H groups in total. The Hall–Kier alpha value is -1.72. The minimum Gasteiger partial charge on any atom is -0.860 e. The van der Waals surface area contributed by atoms with Gasteiger partial charge < -0.3 is 5.11 Å². The summed E-state index contributed by atoms with van der Waals surface area (Å²) in [6.07, 6.45) is 0. The van der Waals surface area contributed by atoms with Gasteiger partial charge in [-0.15, -0.1) is 0 Å². The fraction of sp³-hybridized carbons (Fsp3) is 0.333. The van der Waals surface area contributed by atoms with E-state index >= 15 is 0 Å². The van der Waals surface area contributed by atoms with E-state index in [4.69, 9.17) is 0 Å². The Morgan fingerprint density at radius 3 is 2.08 bits per heavy atom. The molecule has 1 saturated heterocycles. The highest BCUT2D eigenvalue weighted by Crippen LogP contribution is 2.39. The van der Waals surface area contributed by atoms with Gasteiger partial charge in [0, 0.05) is 12.9 Å². The summed E-state index contributed by atoms with van der Waals surface area (Å²) in [5, 5.41) is 10.8. The van der Waals surface area contributed by atoms with Crippen LogP contribution in [0, 0.1) is 5.41 Å². The van der Waals surface area contributed by atoms with E-state index < -0.39 is 29.0 Å². The predicted octanol–water partition coefficient (Wildman–Crippen LogP) is -2.73. The number of imide groups is 1. The van der Waals surface area contributed by atoms with Crippen molar-refractivity contribution in [2.24, 2.45) is 10.4 Å². The minimum atomic E-state index is -2.05. The van der Waals surface area contributed by atoms with Crippen LogP contribution in [0.3, 0.4) is 0 Å². The molecule has 2 rings (SSSR count). The van der Waals surface area contributed by atoms with E-state index in [0.29, 0.717) is 0 Å². The van der Waals surface area contributed by atoms with E-state index in [0.717, 1.165) is 4.90 Å². The molecule has 0 saturated carbocycles. The number of carbonyl (C=O) groups excluding carboxylic acids is 3. The molecule has 6 heteroatoms. The van der Waals surface area contributed by atoms with Crippen molar-refractivity contribution in [3.8, 4) is 0 Å². The number of hydrogen-bond acceptors (Lipinski definition) is 4. The molecule has 2 aliphatic rings. The van der Waals surface area contributed by atoms with Gasteiger partial charge in [-0.2, -0.15) is 0 Å². The van der Waals surface area contributed by atoms with Crippen LogP contribution in [-0.2, 0) is 14.4 Å². The van der Waals surface area contributed by atoms with Crippen molar-refractivity contribution in [1.82, 2.24) is 4.90 Å². The standard InChI is InChI=1S/C6H4N2O4/c1-8-4(11)6(5(8)12)2(9)7-3(6)10/h1H3,(H,7,9,10)/p-1. The Morgan fingerprint density at radius 1 is 1.33 bits per heavy atom. The average Bonchev–Trinajstić information content (AvgIpc) is 2.04. The van der Waals surface area contributed by atoms with Crippen molar-refractivity contribution >= 4 is 23.6 Å². The number of hydrogen-bond donors (Lipinski definition) is 0. The molecule has 1 fully saturated rings. The second kappa shape index (κ2) is 1.55. The first-order chi connectivity index (χ1) is 5.52. The molecular formula is C6H3N2O4-. The summed E-state index contributed by atoms with van der Waals surface area (Å²) in [6, 6.07) is 0. The van der Waals surface area contributed by atoms with Crippen LogP contribution in [0.4, 0.5) is 0 Å². The molecule has 0 bridgehead atoms. The number of carbonyl (C=O) groups is 3. The van der Waals surface area contributed by atoms with E-state index in [1.807, 2.05) is 0 Å². The third kappa shape index (κ3) is 0.373. The predicted molar refractivity (Wildman–Crippen MR) is 32.7 cm³/mol. The molecule has 2 heterocycles. The van der Waals surface area contributed by atoms with Crippen molar-refractivity contribution in [3.63, 3.8) is 0 Å². The van der Waals surface area contributed by atoms with Crippen LogP contribution in [0.15, 0.2) is 4.99 Å². The van der Waals surface area contributed by atoms with Crippen molar-refractivity contribution in [1.29, 1.82) is 0 Å². The first-order valence-corrected chi connectivity index (χ1v) is 3.16. The maximum Gasteiger partial charge on any atom is 0.275 e. The number of nitrogens with zero attached hydrogens (tertiary/aromatic N) is 2. The smallest absolute Gasteiger partial charge is 0.275 e. The Kier molecular flexibility index (Phi) is 0.897. The zero-order valence-electron chi connectivity index (χ0n) is 6.03. The molecule has 3 amide bonds. The summed E-state index contributed by atoms with van der Waals surface area (Å²) in [6.45, 7) is 0. The molecule has 12 heavy (non-hydrogen) atoms. The SMILES string of the molecule is CN1C(=O)C2(C(=O)N=C2[O-])C1=O. The lowest BCUT2D eigenvalue weighted by Gasteiger charge is -2.48. The molecule has 0 radical (unpaired) electrons. The Balaban J connectivity index is 2.50. The van der Waals surface area contributed by atoms with Crippen LogP contribution >= 0.6 is 0 Å². The first kappa shape index (κ1) is 6.96. The van der Waals surface area contributed by atoms with Gasteiger partial charge in [0.25, 0.3) is 17.7 Å². The van der Waals surface area contributed by atoms with Gasteiger partial charge in [0.1, 0.15) is 0 Å². The summed E-state index contributed by atoms with van der Waals surface area (Å²) in [5.74, 6) is -3.39. The molecular weight excluding hydrogens is 164 g/mol. The zero-order valence-corrected chi connectivity index (χ0v) is 6.03. The topological polar surface area (TPSA) is 89.9 Å². The second-order valence-corrected chi connectivity index (χ2v) is 2.64. The Morgan fingerprint density at radius 2 is 1.83 bits per heavy atom. The van der Waals surface area contributed by atoms with E-state index in [9.17, 15) is 19.5 Å². The maximum atomic E-state index is 11.0. The Labute approximate surface area is 66.5 Å². The van der Waals surface area contributed by atoms with E-state index in [1.165, 1.54) is 7.05 Å². The lowest BCUT2D eigenvalue weighted by molar-refractivity contribution is -0.240. The molecule has 0 aromatic carbocycles. The normalized spacial score (nSPS) is 25.2. The third-order valence-electron chi connectivity index (χ3n) is 2.10. The van der Waals surface area contributed by atoms with Crippen molar-refractivity contribution < 1.29 is 19.5 Å². The van der Waals surface area contributed by atoms with E-state index in [2.05, 4.69) is 4.99 Å². The maximum absolute atomic E-state index is 11.0. The van der Waals surface area contributed by atoms with Crippen LogP contribution in [-0.4, -0.2) is 35.6 Å². The van der Waals surface area contributed by atoms with Crippen molar-refractivity contribution in [2.75, 3.05) is 7.05 Å². The largest absolute Gasteiger partial charge is 0.860 e. The molecule has 6 nitrogen and oxygen atoms in total.